The van der Waals surface area contributed by atoms with Gasteiger partial charge in [0, 0.05) is 32.2 Å². The van der Waals surface area contributed by atoms with Gasteiger partial charge in [0.2, 0.25) is 0 Å². The van der Waals surface area contributed by atoms with Gasteiger partial charge < -0.3 is 9.67 Å². The van der Waals surface area contributed by atoms with Crippen molar-refractivity contribution in [1.29, 1.82) is 0 Å². The van der Waals surface area contributed by atoms with Crippen LogP contribution in [0.15, 0.2) is 30.5 Å². The van der Waals surface area contributed by atoms with E-state index in [1.807, 2.05) is 10.8 Å². The number of aromatic nitrogens is 2. The first-order valence-corrected chi connectivity index (χ1v) is 7.28. The van der Waals surface area contributed by atoms with Crippen molar-refractivity contribution in [3.8, 4) is 0 Å². The number of fused-ring (bicyclic) bond motifs is 1. The average Bonchev–Trinajstić information content (AvgIpc) is 2.87. The number of halogens is 3. The summed E-state index contributed by atoms with van der Waals surface area (Å²) in [7, 11) is 0. The van der Waals surface area contributed by atoms with Gasteiger partial charge in [0.05, 0.1) is 11.3 Å². The van der Waals surface area contributed by atoms with Crippen molar-refractivity contribution < 1.29 is 18.3 Å². The molecule has 118 valence electrons. The molecule has 1 aliphatic rings. The van der Waals surface area contributed by atoms with Gasteiger partial charge in [-0.05, 0) is 24.0 Å². The lowest BCUT2D eigenvalue weighted by atomic mass is 9.99. The maximum Gasteiger partial charge on any atom is 0.416 e. The molecule has 0 radical (unpaired) electrons. The SMILES string of the molecule is OCC1CCn2cc(Cc3ccccc3C(F)(F)F)nc2C1. The zero-order valence-corrected chi connectivity index (χ0v) is 12.0. The number of rotatable bonds is 3. The van der Waals surface area contributed by atoms with Crippen molar-refractivity contribution in [2.24, 2.45) is 5.92 Å². The Hall–Kier alpha value is -1.82. The van der Waals surface area contributed by atoms with E-state index in [-0.39, 0.29) is 24.5 Å². The van der Waals surface area contributed by atoms with Gasteiger partial charge in [0.25, 0.3) is 0 Å². The molecule has 0 saturated heterocycles. The molecule has 0 saturated carbocycles. The largest absolute Gasteiger partial charge is 0.416 e. The quantitative estimate of drug-likeness (QED) is 0.946. The number of alkyl halides is 3. The fourth-order valence-corrected chi connectivity index (χ4v) is 2.94. The van der Waals surface area contributed by atoms with Crippen LogP contribution in [-0.2, 0) is 25.6 Å². The summed E-state index contributed by atoms with van der Waals surface area (Å²) in [6.45, 7) is 0.883. The molecule has 1 aliphatic heterocycles. The first kappa shape index (κ1) is 15.1. The third kappa shape index (κ3) is 3.02. The lowest BCUT2D eigenvalue weighted by Crippen LogP contribution is -2.21. The number of aliphatic hydroxyl groups excluding tert-OH is 1. The fraction of sp³-hybridized carbons (Fsp3) is 0.438. The minimum absolute atomic E-state index is 0.124. The van der Waals surface area contributed by atoms with E-state index in [0.717, 1.165) is 24.9 Å². The molecule has 2 aromatic rings. The van der Waals surface area contributed by atoms with Crippen LogP contribution in [0.1, 0.15) is 29.1 Å². The van der Waals surface area contributed by atoms with E-state index in [2.05, 4.69) is 4.98 Å². The highest BCUT2D eigenvalue weighted by Gasteiger charge is 2.33. The van der Waals surface area contributed by atoms with E-state index < -0.39 is 11.7 Å². The van der Waals surface area contributed by atoms with Gasteiger partial charge in [-0.2, -0.15) is 13.2 Å². The van der Waals surface area contributed by atoms with Crippen molar-refractivity contribution in [1.82, 2.24) is 9.55 Å². The summed E-state index contributed by atoms with van der Waals surface area (Å²) < 4.78 is 41.0. The molecule has 0 fully saturated rings. The number of hydrogen-bond donors (Lipinski definition) is 1. The van der Waals surface area contributed by atoms with Crippen LogP contribution in [0, 0.1) is 5.92 Å². The van der Waals surface area contributed by atoms with Crippen LogP contribution in [0.4, 0.5) is 13.2 Å². The second kappa shape index (κ2) is 5.76. The summed E-state index contributed by atoms with van der Waals surface area (Å²) in [4.78, 5) is 4.45. The molecule has 0 amide bonds. The molecule has 1 aromatic carbocycles. The van der Waals surface area contributed by atoms with E-state index in [4.69, 9.17) is 0 Å². The molecule has 1 N–H and O–H groups in total. The number of hydrogen-bond acceptors (Lipinski definition) is 2. The van der Waals surface area contributed by atoms with Gasteiger partial charge in [-0.3, -0.25) is 0 Å². The van der Waals surface area contributed by atoms with Gasteiger partial charge in [0.1, 0.15) is 5.82 Å². The molecule has 1 unspecified atom stereocenters. The lowest BCUT2D eigenvalue weighted by molar-refractivity contribution is -0.138. The third-order valence-electron chi connectivity index (χ3n) is 4.11. The Labute approximate surface area is 126 Å². The number of benzene rings is 1. The highest BCUT2D eigenvalue weighted by atomic mass is 19.4. The molecule has 1 atom stereocenters. The standard InChI is InChI=1S/C16H17F3N2O/c17-16(18,19)14-4-2-1-3-12(14)8-13-9-21-6-5-11(10-22)7-15(21)20-13/h1-4,9,11,22H,5-8,10H2. The Morgan fingerprint density at radius 1 is 1.27 bits per heavy atom. The predicted octanol–water partition coefficient (Wildman–Crippen LogP) is 3.05. The molecule has 0 aliphatic carbocycles. The molecule has 22 heavy (non-hydrogen) atoms. The van der Waals surface area contributed by atoms with Crippen LogP contribution in [0.2, 0.25) is 0 Å². The molecular formula is C16H17F3N2O. The highest BCUT2D eigenvalue weighted by Crippen LogP contribution is 2.33. The van der Waals surface area contributed by atoms with Crippen molar-refractivity contribution in [2.75, 3.05) is 6.61 Å². The summed E-state index contributed by atoms with van der Waals surface area (Å²) in [5, 5.41) is 9.22. The Balaban J connectivity index is 1.85. The zero-order chi connectivity index (χ0) is 15.7. The van der Waals surface area contributed by atoms with Gasteiger partial charge in [-0.15, -0.1) is 0 Å². The van der Waals surface area contributed by atoms with Crippen LogP contribution >= 0.6 is 0 Å². The predicted molar refractivity (Wildman–Crippen MR) is 75.4 cm³/mol. The highest BCUT2D eigenvalue weighted by molar-refractivity contribution is 5.33. The summed E-state index contributed by atoms with van der Waals surface area (Å²) >= 11 is 0. The molecular weight excluding hydrogens is 293 g/mol. The summed E-state index contributed by atoms with van der Waals surface area (Å²) in [6, 6.07) is 5.61. The van der Waals surface area contributed by atoms with Crippen LogP contribution in [0.25, 0.3) is 0 Å². The van der Waals surface area contributed by atoms with E-state index >= 15 is 0 Å². The molecule has 6 heteroatoms. The monoisotopic (exact) mass is 310 g/mol. The minimum Gasteiger partial charge on any atom is -0.396 e. The van der Waals surface area contributed by atoms with Crippen molar-refractivity contribution >= 4 is 0 Å². The van der Waals surface area contributed by atoms with E-state index in [0.29, 0.717) is 12.1 Å². The van der Waals surface area contributed by atoms with Crippen molar-refractivity contribution in [3.63, 3.8) is 0 Å². The maximum absolute atomic E-state index is 13.0. The smallest absolute Gasteiger partial charge is 0.396 e. The van der Waals surface area contributed by atoms with Crippen LogP contribution in [-0.4, -0.2) is 21.3 Å². The van der Waals surface area contributed by atoms with Gasteiger partial charge in [-0.25, -0.2) is 4.98 Å². The molecule has 0 bridgehead atoms. The molecule has 2 heterocycles. The Kier molecular flexibility index (Phi) is 3.95. The van der Waals surface area contributed by atoms with Gasteiger partial charge in [0.15, 0.2) is 0 Å². The third-order valence-corrected chi connectivity index (χ3v) is 4.11. The Bertz CT molecular complexity index is 664. The zero-order valence-electron chi connectivity index (χ0n) is 12.0. The van der Waals surface area contributed by atoms with E-state index in [9.17, 15) is 18.3 Å². The van der Waals surface area contributed by atoms with Crippen LogP contribution in [0.3, 0.4) is 0 Å². The summed E-state index contributed by atoms with van der Waals surface area (Å²) in [5.41, 5.74) is 0.281. The minimum atomic E-state index is -4.35. The fourth-order valence-electron chi connectivity index (χ4n) is 2.94. The summed E-state index contributed by atoms with van der Waals surface area (Å²) in [5.74, 6) is 1.05. The Morgan fingerprint density at radius 3 is 2.77 bits per heavy atom. The van der Waals surface area contributed by atoms with Crippen LogP contribution in [0.5, 0.6) is 0 Å². The van der Waals surface area contributed by atoms with Crippen molar-refractivity contribution in [2.45, 2.75) is 32.0 Å². The average molecular weight is 310 g/mol. The number of nitrogens with zero attached hydrogens (tertiary/aromatic N) is 2. The van der Waals surface area contributed by atoms with Gasteiger partial charge in [-0.1, -0.05) is 18.2 Å². The first-order chi connectivity index (χ1) is 10.5. The number of aryl methyl sites for hydroxylation is 1. The summed E-state index contributed by atoms with van der Waals surface area (Å²) in [6.07, 6.45) is -0.802. The molecule has 1 aromatic heterocycles. The number of aliphatic hydroxyl groups is 1. The van der Waals surface area contributed by atoms with Gasteiger partial charge >= 0.3 is 6.18 Å². The second-order valence-electron chi connectivity index (χ2n) is 5.71. The second-order valence-corrected chi connectivity index (χ2v) is 5.71. The van der Waals surface area contributed by atoms with E-state index in [1.165, 1.54) is 12.1 Å². The molecule has 3 rings (SSSR count). The lowest BCUT2D eigenvalue weighted by Gasteiger charge is -2.20. The van der Waals surface area contributed by atoms with Crippen LogP contribution < -0.4 is 0 Å². The maximum atomic E-state index is 13.0. The molecule has 3 nitrogen and oxygen atoms in total. The normalized spacial score (nSPS) is 18.3. The van der Waals surface area contributed by atoms with E-state index in [1.54, 1.807) is 6.07 Å². The topological polar surface area (TPSA) is 38.0 Å². The van der Waals surface area contributed by atoms with Crippen molar-refractivity contribution in [3.05, 3.63) is 53.1 Å². The Morgan fingerprint density at radius 2 is 2.05 bits per heavy atom. The number of imidazole rings is 1. The molecule has 0 spiro atoms. The first-order valence-electron chi connectivity index (χ1n) is 7.28.